The largest absolute Gasteiger partial charge is 0.474 e. The summed E-state index contributed by atoms with van der Waals surface area (Å²) in [6, 6.07) is 0.537. The summed E-state index contributed by atoms with van der Waals surface area (Å²) in [5.74, 6) is 0.865. The highest BCUT2D eigenvalue weighted by molar-refractivity contribution is 7.19. The SMILES string of the molecule is CC(C)(C)OC(=O)N1CCN(C2CCC(Oc3ncnc4sc5c(c34)[C@@H](CO)CC5)CC2)CC1. The number of piperazine rings is 1. The fourth-order valence-corrected chi connectivity index (χ4v) is 6.83. The van der Waals surface area contributed by atoms with Crippen LogP contribution in [0, 0.1) is 0 Å². The molecule has 2 fully saturated rings. The van der Waals surface area contributed by atoms with Crippen molar-refractivity contribution < 1.29 is 19.4 Å². The van der Waals surface area contributed by atoms with E-state index in [1.807, 2.05) is 25.7 Å². The van der Waals surface area contributed by atoms with E-state index in [1.165, 1.54) is 10.4 Å². The van der Waals surface area contributed by atoms with Crippen LogP contribution in [0.1, 0.15) is 69.2 Å². The van der Waals surface area contributed by atoms with E-state index in [-0.39, 0.29) is 24.7 Å². The van der Waals surface area contributed by atoms with Gasteiger partial charge in [0.25, 0.3) is 0 Å². The van der Waals surface area contributed by atoms with Gasteiger partial charge in [0.05, 0.1) is 12.0 Å². The normalized spacial score (nSPS) is 26.0. The van der Waals surface area contributed by atoms with Crippen LogP contribution < -0.4 is 4.74 Å². The Morgan fingerprint density at radius 2 is 1.85 bits per heavy atom. The lowest BCUT2D eigenvalue weighted by Gasteiger charge is -2.42. The van der Waals surface area contributed by atoms with Gasteiger partial charge < -0.3 is 19.5 Å². The molecule has 3 heterocycles. The van der Waals surface area contributed by atoms with E-state index in [4.69, 9.17) is 9.47 Å². The summed E-state index contributed by atoms with van der Waals surface area (Å²) >= 11 is 1.72. The fourth-order valence-electron chi connectivity index (χ4n) is 5.59. The lowest BCUT2D eigenvalue weighted by molar-refractivity contribution is 0.00509. The highest BCUT2D eigenvalue weighted by Gasteiger charge is 2.33. The number of nitrogens with zero attached hydrogens (tertiary/aromatic N) is 4. The van der Waals surface area contributed by atoms with Gasteiger partial charge >= 0.3 is 6.09 Å². The highest BCUT2D eigenvalue weighted by atomic mass is 32.1. The molecule has 2 aliphatic carbocycles. The molecule has 5 rings (SSSR count). The van der Waals surface area contributed by atoms with Gasteiger partial charge in [-0.05, 0) is 64.9 Å². The number of fused-ring (bicyclic) bond motifs is 3. The van der Waals surface area contributed by atoms with E-state index in [1.54, 1.807) is 17.7 Å². The van der Waals surface area contributed by atoms with Crippen molar-refractivity contribution in [3.63, 3.8) is 0 Å². The molecule has 0 bridgehead atoms. The first-order valence-corrected chi connectivity index (χ1v) is 13.4. The molecule has 186 valence electrons. The number of ether oxygens (including phenoxy) is 2. The molecular formula is C25H36N4O4S. The number of carbonyl (C=O) groups excluding carboxylic acids is 1. The number of thiophene rings is 1. The third-order valence-corrected chi connectivity index (χ3v) is 8.49. The molecule has 2 aromatic heterocycles. The second-order valence-corrected chi connectivity index (χ2v) is 11.9. The van der Waals surface area contributed by atoms with E-state index in [2.05, 4.69) is 14.9 Å². The molecule has 1 atom stereocenters. The van der Waals surface area contributed by atoms with E-state index in [0.717, 1.165) is 74.9 Å². The summed E-state index contributed by atoms with van der Waals surface area (Å²) in [5.41, 5.74) is 0.763. The summed E-state index contributed by atoms with van der Waals surface area (Å²) in [6.07, 6.45) is 7.73. The average molecular weight is 489 g/mol. The monoisotopic (exact) mass is 488 g/mol. The number of carbonyl (C=O) groups is 1. The van der Waals surface area contributed by atoms with Gasteiger partial charge in [0.1, 0.15) is 22.9 Å². The van der Waals surface area contributed by atoms with Gasteiger partial charge in [-0.25, -0.2) is 14.8 Å². The smallest absolute Gasteiger partial charge is 0.410 e. The van der Waals surface area contributed by atoms with Gasteiger partial charge in [0, 0.05) is 43.0 Å². The van der Waals surface area contributed by atoms with Crippen molar-refractivity contribution in [3.8, 4) is 5.88 Å². The van der Waals surface area contributed by atoms with Crippen LogP contribution in [0.2, 0.25) is 0 Å². The van der Waals surface area contributed by atoms with Crippen molar-refractivity contribution in [1.29, 1.82) is 0 Å². The van der Waals surface area contributed by atoms with Crippen LogP contribution in [0.5, 0.6) is 5.88 Å². The first kappa shape index (κ1) is 23.8. The van der Waals surface area contributed by atoms with E-state index in [9.17, 15) is 9.90 Å². The van der Waals surface area contributed by atoms with Gasteiger partial charge in [-0.3, -0.25) is 4.90 Å². The maximum absolute atomic E-state index is 12.3. The molecule has 0 spiro atoms. The topological polar surface area (TPSA) is 88.0 Å². The molecule has 9 heteroatoms. The van der Waals surface area contributed by atoms with Crippen molar-refractivity contribution in [3.05, 3.63) is 16.8 Å². The lowest BCUT2D eigenvalue weighted by Crippen LogP contribution is -2.53. The predicted octanol–water partition coefficient (Wildman–Crippen LogP) is 3.96. The summed E-state index contributed by atoms with van der Waals surface area (Å²) < 4.78 is 12.0. The zero-order chi connectivity index (χ0) is 23.9. The number of aliphatic hydroxyl groups excluding tert-OH is 1. The second-order valence-electron chi connectivity index (χ2n) is 10.8. The average Bonchev–Trinajstić information content (AvgIpc) is 3.38. The van der Waals surface area contributed by atoms with Crippen LogP contribution in [0.15, 0.2) is 6.33 Å². The lowest BCUT2D eigenvalue weighted by atomic mass is 9.91. The van der Waals surface area contributed by atoms with Crippen molar-refractivity contribution in [1.82, 2.24) is 19.8 Å². The Morgan fingerprint density at radius 3 is 2.53 bits per heavy atom. The number of aliphatic hydroxyl groups is 1. The third kappa shape index (κ3) is 4.88. The molecule has 0 radical (unpaired) electrons. The summed E-state index contributed by atoms with van der Waals surface area (Å²) in [4.78, 5) is 28.0. The van der Waals surface area contributed by atoms with Crippen molar-refractivity contribution in [2.75, 3.05) is 32.8 Å². The molecule has 8 nitrogen and oxygen atoms in total. The van der Waals surface area contributed by atoms with Crippen LogP contribution >= 0.6 is 11.3 Å². The highest BCUT2D eigenvalue weighted by Crippen LogP contribution is 2.46. The number of hydrogen-bond donors (Lipinski definition) is 1. The summed E-state index contributed by atoms with van der Waals surface area (Å²) in [6.45, 7) is 9.12. The van der Waals surface area contributed by atoms with Crippen molar-refractivity contribution in [2.24, 2.45) is 0 Å². The Morgan fingerprint density at radius 1 is 1.12 bits per heavy atom. The Bertz CT molecular complexity index is 1020. The van der Waals surface area contributed by atoms with Crippen LogP contribution in [-0.4, -0.2) is 81.5 Å². The summed E-state index contributed by atoms with van der Waals surface area (Å²) in [5, 5.41) is 10.9. The molecule has 3 aliphatic rings. The van der Waals surface area contributed by atoms with Crippen LogP contribution in [0.3, 0.4) is 0 Å². The van der Waals surface area contributed by atoms with Crippen LogP contribution in [0.4, 0.5) is 4.79 Å². The third-order valence-electron chi connectivity index (χ3n) is 7.32. The molecule has 0 unspecified atom stereocenters. The van der Waals surface area contributed by atoms with Gasteiger partial charge in [-0.15, -0.1) is 11.3 Å². The number of hydrogen-bond acceptors (Lipinski definition) is 8. The zero-order valence-corrected chi connectivity index (χ0v) is 21.3. The fraction of sp³-hybridized carbons (Fsp3) is 0.720. The zero-order valence-electron chi connectivity index (χ0n) is 20.5. The summed E-state index contributed by atoms with van der Waals surface area (Å²) in [7, 11) is 0. The number of amides is 1. The van der Waals surface area contributed by atoms with Crippen LogP contribution in [-0.2, 0) is 11.2 Å². The van der Waals surface area contributed by atoms with Crippen molar-refractivity contribution in [2.45, 2.75) is 83.0 Å². The molecule has 1 saturated heterocycles. The minimum atomic E-state index is -0.454. The molecule has 1 aliphatic heterocycles. The first-order chi connectivity index (χ1) is 16.3. The van der Waals surface area contributed by atoms with Gasteiger partial charge in [-0.1, -0.05) is 0 Å². The van der Waals surface area contributed by atoms with E-state index in [0.29, 0.717) is 11.9 Å². The molecule has 1 saturated carbocycles. The number of rotatable bonds is 4. The molecule has 1 amide bonds. The van der Waals surface area contributed by atoms with E-state index >= 15 is 0 Å². The standard InChI is InChI=1S/C25H36N4O4S/c1-25(2,3)33-24(31)29-12-10-28(11-13-29)17-5-7-18(8-6-17)32-22-21-20-16(14-30)4-9-19(20)34-23(21)27-15-26-22/h15-18,30H,4-14H2,1-3H3/t16-,17?,18?/m1/s1. The Hall–Kier alpha value is -1.97. The maximum Gasteiger partial charge on any atom is 0.410 e. The quantitative estimate of drug-likeness (QED) is 0.697. The van der Waals surface area contributed by atoms with Crippen molar-refractivity contribution >= 4 is 27.6 Å². The molecule has 34 heavy (non-hydrogen) atoms. The molecule has 1 N–H and O–H groups in total. The van der Waals surface area contributed by atoms with Crippen LogP contribution in [0.25, 0.3) is 10.2 Å². The maximum atomic E-state index is 12.3. The minimum absolute atomic E-state index is 0.155. The second kappa shape index (κ2) is 9.59. The predicted molar refractivity (Wildman–Crippen MR) is 132 cm³/mol. The molecule has 0 aromatic carbocycles. The Balaban J connectivity index is 1.16. The van der Waals surface area contributed by atoms with Gasteiger partial charge in [0.15, 0.2) is 0 Å². The number of aromatic nitrogens is 2. The molecule has 2 aromatic rings. The molecular weight excluding hydrogens is 452 g/mol. The first-order valence-electron chi connectivity index (χ1n) is 12.6. The number of aryl methyl sites for hydroxylation is 1. The Kier molecular flexibility index (Phi) is 6.70. The van der Waals surface area contributed by atoms with Gasteiger partial charge in [0.2, 0.25) is 5.88 Å². The Labute approximate surface area is 205 Å². The van der Waals surface area contributed by atoms with E-state index < -0.39 is 5.60 Å². The minimum Gasteiger partial charge on any atom is -0.474 e. The van der Waals surface area contributed by atoms with Gasteiger partial charge in [-0.2, -0.15) is 0 Å².